The van der Waals surface area contributed by atoms with Crippen LogP contribution in [0.25, 0.3) is 0 Å². The van der Waals surface area contributed by atoms with Gasteiger partial charge in [-0.25, -0.2) is 0 Å². The van der Waals surface area contributed by atoms with Crippen molar-refractivity contribution < 1.29 is 9.90 Å². The lowest BCUT2D eigenvalue weighted by molar-refractivity contribution is -0.159. The van der Waals surface area contributed by atoms with Crippen molar-refractivity contribution in [1.29, 1.82) is 0 Å². The molecule has 2 heteroatoms. The molecule has 2 nitrogen and oxygen atoms in total. The van der Waals surface area contributed by atoms with E-state index >= 15 is 0 Å². The van der Waals surface area contributed by atoms with Gasteiger partial charge in [-0.1, -0.05) is 41.5 Å². The topological polar surface area (TPSA) is 37.3 Å². The number of hydrogen-bond acceptors (Lipinski definition) is 2. The summed E-state index contributed by atoms with van der Waals surface area (Å²) in [5, 5.41) is 10.8. The van der Waals surface area contributed by atoms with Gasteiger partial charge in [-0.3, -0.25) is 4.79 Å². The highest BCUT2D eigenvalue weighted by Crippen LogP contribution is 2.88. The molecule has 5 aliphatic rings. The molecule has 0 heterocycles. The van der Waals surface area contributed by atoms with Crippen LogP contribution in [-0.4, -0.2) is 17.0 Å². The number of aliphatic hydroxyl groups is 1. The first-order valence-corrected chi connectivity index (χ1v) is 13.2. The third-order valence-electron chi connectivity index (χ3n) is 12.7. The Kier molecular flexibility index (Phi) is 4.55. The standard InChI is InChI=1S/C28H46O2/c1-18(2)20(29)8-7-19-11-13-26(6)22-10-9-21-24(3,4)23(30)12-14-27(21)17-28(22,27)16-15-25(19,26)5/h18-19,21-23,30H,7-17H2,1-6H3/t19?,21?,22?,23-,25+,26-,27+,28-/m0/s1. The second-order valence-electron chi connectivity index (χ2n) is 13.8. The van der Waals surface area contributed by atoms with E-state index in [4.69, 9.17) is 0 Å². The van der Waals surface area contributed by atoms with Gasteiger partial charge in [0.05, 0.1) is 6.10 Å². The highest BCUT2D eigenvalue weighted by molar-refractivity contribution is 5.80. The molecule has 0 bridgehead atoms. The van der Waals surface area contributed by atoms with Gasteiger partial charge in [0.1, 0.15) is 5.78 Å². The van der Waals surface area contributed by atoms with Crippen molar-refractivity contribution >= 4 is 5.78 Å². The molecule has 5 aliphatic carbocycles. The lowest BCUT2D eigenvalue weighted by Crippen LogP contribution is -2.57. The molecule has 30 heavy (non-hydrogen) atoms. The van der Waals surface area contributed by atoms with Gasteiger partial charge in [-0.2, -0.15) is 0 Å². The molecule has 5 fully saturated rings. The van der Waals surface area contributed by atoms with E-state index in [0.717, 1.165) is 37.0 Å². The summed E-state index contributed by atoms with van der Waals surface area (Å²) in [5.41, 5.74) is 2.06. The van der Waals surface area contributed by atoms with Gasteiger partial charge in [0.25, 0.3) is 0 Å². The summed E-state index contributed by atoms with van der Waals surface area (Å²) in [5.74, 6) is 2.98. The number of fused-ring (bicyclic) bond motifs is 2. The minimum atomic E-state index is -0.110. The molecule has 5 rings (SSSR count). The van der Waals surface area contributed by atoms with Crippen LogP contribution in [0, 0.1) is 50.7 Å². The fraction of sp³-hybridized carbons (Fsp3) is 0.964. The molecule has 170 valence electrons. The monoisotopic (exact) mass is 414 g/mol. The second kappa shape index (κ2) is 6.36. The van der Waals surface area contributed by atoms with Crippen LogP contribution in [0.5, 0.6) is 0 Å². The zero-order chi connectivity index (χ0) is 21.7. The molecule has 2 spiro atoms. The fourth-order valence-electron chi connectivity index (χ4n) is 10.5. The van der Waals surface area contributed by atoms with Crippen LogP contribution in [0.15, 0.2) is 0 Å². The molecule has 5 saturated carbocycles. The molecule has 0 aromatic carbocycles. The first kappa shape index (κ1) is 21.5. The van der Waals surface area contributed by atoms with E-state index in [0.29, 0.717) is 27.4 Å². The van der Waals surface area contributed by atoms with Crippen LogP contribution in [0.3, 0.4) is 0 Å². The first-order chi connectivity index (χ1) is 13.9. The Balaban J connectivity index is 1.41. The van der Waals surface area contributed by atoms with Gasteiger partial charge in [0.15, 0.2) is 0 Å². The molecular formula is C28H46O2. The molecule has 3 unspecified atom stereocenters. The summed E-state index contributed by atoms with van der Waals surface area (Å²) in [6.07, 6.45) is 13.8. The summed E-state index contributed by atoms with van der Waals surface area (Å²) in [6.45, 7) is 14.1. The Morgan fingerprint density at radius 1 is 0.867 bits per heavy atom. The van der Waals surface area contributed by atoms with E-state index in [1.54, 1.807) is 0 Å². The normalized spacial score (nSPS) is 53.5. The number of carbonyl (C=O) groups excluding carboxylic acids is 1. The minimum Gasteiger partial charge on any atom is -0.393 e. The van der Waals surface area contributed by atoms with Gasteiger partial charge in [-0.05, 0) is 109 Å². The Morgan fingerprint density at radius 3 is 2.23 bits per heavy atom. The number of aliphatic hydroxyl groups excluding tert-OH is 1. The number of Topliss-reactive ketones (excluding diaryl/α,β-unsaturated/α-hetero) is 1. The summed E-state index contributed by atoms with van der Waals surface area (Å²) in [4.78, 5) is 12.4. The zero-order valence-electron chi connectivity index (χ0n) is 20.5. The van der Waals surface area contributed by atoms with Crippen LogP contribution in [0.1, 0.15) is 112 Å². The lowest BCUT2D eigenvalue weighted by atomic mass is 9.42. The van der Waals surface area contributed by atoms with E-state index in [1.165, 1.54) is 51.4 Å². The van der Waals surface area contributed by atoms with E-state index in [-0.39, 0.29) is 17.4 Å². The number of rotatable bonds is 4. The average molecular weight is 415 g/mol. The number of hydrogen-bond donors (Lipinski definition) is 1. The largest absolute Gasteiger partial charge is 0.393 e. The number of ketones is 1. The zero-order valence-corrected chi connectivity index (χ0v) is 20.5. The van der Waals surface area contributed by atoms with E-state index in [1.807, 2.05) is 0 Å². The summed E-state index contributed by atoms with van der Waals surface area (Å²) in [7, 11) is 0. The molecule has 8 atom stereocenters. The van der Waals surface area contributed by atoms with Gasteiger partial charge >= 0.3 is 0 Å². The number of carbonyl (C=O) groups is 1. The molecule has 0 aromatic rings. The lowest BCUT2D eigenvalue weighted by Gasteiger charge is -2.63. The van der Waals surface area contributed by atoms with Gasteiger partial charge in [0, 0.05) is 12.3 Å². The quantitative estimate of drug-likeness (QED) is 0.550. The van der Waals surface area contributed by atoms with Crippen LogP contribution < -0.4 is 0 Å². The van der Waals surface area contributed by atoms with E-state index in [9.17, 15) is 9.90 Å². The third kappa shape index (κ3) is 2.39. The maximum absolute atomic E-state index is 12.4. The van der Waals surface area contributed by atoms with Gasteiger partial charge < -0.3 is 5.11 Å². The van der Waals surface area contributed by atoms with Crippen molar-refractivity contribution in [2.24, 2.45) is 50.7 Å². The van der Waals surface area contributed by atoms with Crippen molar-refractivity contribution in [2.75, 3.05) is 0 Å². The SMILES string of the molecule is CC(C)C(=O)CCC1CC[C@@]2(C)C3CCC4C(C)(C)[C@@H](O)CC[C@@]45C[C@@]35CC[C@]12C. The fourth-order valence-corrected chi connectivity index (χ4v) is 10.5. The highest BCUT2D eigenvalue weighted by atomic mass is 16.3. The summed E-state index contributed by atoms with van der Waals surface area (Å²) >= 11 is 0. The van der Waals surface area contributed by atoms with Crippen molar-refractivity contribution in [1.82, 2.24) is 0 Å². The smallest absolute Gasteiger partial charge is 0.135 e. The second-order valence-corrected chi connectivity index (χ2v) is 13.8. The molecule has 1 N–H and O–H groups in total. The average Bonchev–Trinajstić information content (AvgIpc) is 3.28. The van der Waals surface area contributed by atoms with Crippen molar-refractivity contribution in [2.45, 2.75) is 118 Å². The molecule has 0 amide bonds. The van der Waals surface area contributed by atoms with Crippen molar-refractivity contribution in [3.05, 3.63) is 0 Å². The van der Waals surface area contributed by atoms with Crippen LogP contribution in [-0.2, 0) is 4.79 Å². The minimum absolute atomic E-state index is 0.0871. The summed E-state index contributed by atoms with van der Waals surface area (Å²) < 4.78 is 0. The molecule has 0 aromatic heterocycles. The van der Waals surface area contributed by atoms with Crippen LogP contribution in [0.2, 0.25) is 0 Å². The van der Waals surface area contributed by atoms with E-state index < -0.39 is 0 Å². The first-order valence-electron chi connectivity index (χ1n) is 13.2. The molecular weight excluding hydrogens is 368 g/mol. The third-order valence-corrected chi connectivity index (χ3v) is 12.7. The Morgan fingerprint density at radius 2 is 1.53 bits per heavy atom. The summed E-state index contributed by atoms with van der Waals surface area (Å²) in [6, 6.07) is 0. The highest BCUT2D eigenvalue weighted by Gasteiger charge is 2.81. The van der Waals surface area contributed by atoms with Crippen LogP contribution >= 0.6 is 0 Å². The maximum Gasteiger partial charge on any atom is 0.135 e. The Hall–Kier alpha value is -0.370. The van der Waals surface area contributed by atoms with Gasteiger partial charge in [-0.15, -0.1) is 0 Å². The molecule has 0 saturated heterocycles. The predicted octanol–water partition coefficient (Wildman–Crippen LogP) is 6.79. The van der Waals surface area contributed by atoms with E-state index in [2.05, 4.69) is 41.5 Å². The Labute approximate surface area is 185 Å². The molecule has 0 aliphatic heterocycles. The Bertz CT molecular complexity index is 739. The van der Waals surface area contributed by atoms with Crippen molar-refractivity contribution in [3.8, 4) is 0 Å². The van der Waals surface area contributed by atoms with Gasteiger partial charge in [0.2, 0.25) is 0 Å². The van der Waals surface area contributed by atoms with Crippen molar-refractivity contribution in [3.63, 3.8) is 0 Å². The molecule has 0 radical (unpaired) electrons. The van der Waals surface area contributed by atoms with Crippen LogP contribution in [0.4, 0.5) is 0 Å². The predicted molar refractivity (Wildman–Crippen MR) is 122 cm³/mol. The maximum atomic E-state index is 12.4.